The fourth-order valence-electron chi connectivity index (χ4n) is 1.62. The average Bonchev–Trinajstić information content (AvgIpc) is 2.29. The van der Waals surface area contributed by atoms with Crippen molar-refractivity contribution in [2.45, 2.75) is 52.9 Å². The molecule has 2 amide bonds. The highest BCUT2D eigenvalue weighted by Crippen LogP contribution is 1.98. The Bertz CT molecular complexity index is 223. The summed E-state index contributed by atoms with van der Waals surface area (Å²) >= 11 is 0. The summed E-state index contributed by atoms with van der Waals surface area (Å²) in [6.45, 7) is 8.31. The molecule has 0 atom stereocenters. The standard InChI is InChI=1S/C13H26N2O2/c1-4-7-8-14-12(16)11-13(17)15(9-5-2)10-6-3/h4-11H2,1-3H3,(H,14,16). The summed E-state index contributed by atoms with van der Waals surface area (Å²) in [5.74, 6) is -0.205. The SMILES string of the molecule is CCCCNC(=O)CC(=O)N(CCC)CCC. The van der Waals surface area contributed by atoms with E-state index in [1.165, 1.54) is 0 Å². The van der Waals surface area contributed by atoms with E-state index in [2.05, 4.69) is 12.2 Å². The molecule has 0 heterocycles. The minimum absolute atomic E-state index is 0.0102. The molecule has 4 heteroatoms. The van der Waals surface area contributed by atoms with E-state index in [-0.39, 0.29) is 18.2 Å². The van der Waals surface area contributed by atoms with Crippen molar-refractivity contribution < 1.29 is 9.59 Å². The molecule has 0 saturated heterocycles. The van der Waals surface area contributed by atoms with E-state index >= 15 is 0 Å². The number of nitrogens with zero attached hydrogens (tertiary/aromatic N) is 1. The predicted molar refractivity (Wildman–Crippen MR) is 69.7 cm³/mol. The third kappa shape index (κ3) is 7.77. The van der Waals surface area contributed by atoms with Gasteiger partial charge >= 0.3 is 0 Å². The summed E-state index contributed by atoms with van der Waals surface area (Å²) in [4.78, 5) is 25.1. The second-order valence-electron chi connectivity index (χ2n) is 4.26. The maximum absolute atomic E-state index is 11.8. The van der Waals surface area contributed by atoms with Gasteiger partial charge in [0.1, 0.15) is 6.42 Å². The van der Waals surface area contributed by atoms with Crippen LogP contribution >= 0.6 is 0 Å². The van der Waals surface area contributed by atoms with Crippen molar-refractivity contribution in [3.63, 3.8) is 0 Å². The van der Waals surface area contributed by atoms with E-state index in [1.807, 2.05) is 13.8 Å². The molecule has 0 aliphatic rings. The van der Waals surface area contributed by atoms with E-state index in [0.717, 1.165) is 38.8 Å². The van der Waals surface area contributed by atoms with Gasteiger partial charge in [-0.2, -0.15) is 0 Å². The van der Waals surface area contributed by atoms with Crippen molar-refractivity contribution in [3.8, 4) is 0 Å². The predicted octanol–water partition coefficient (Wildman–Crippen LogP) is 1.94. The topological polar surface area (TPSA) is 49.4 Å². The van der Waals surface area contributed by atoms with Gasteiger partial charge in [0.2, 0.25) is 11.8 Å². The fraction of sp³-hybridized carbons (Fsp3) is 0.846. The largest absolute Gasteiger partial charge is 0.356 e. The summed E-state index contributed by atoms with van der Waals surface area (Å²) in [6, 6.07) is 0. The molecule has 0 spiro atoms. The Kier molecular flexibility index (Phi) is 9.49. The Morgan fingerprint density at radius 1 is 1.00 bits per heavy atom. The van der Waals surface area contributed by atoms with Gasteiger partial charge in [-0.3, -0.25) is 9.59 Å². The molecule has 0 aliphatic carbocycles. The highest BCUT2D eigenvalue weighted by Gasteiger charge is 2.15. The molecule has 0 aromatic heterocycles. The normalized spacial score (nSPS) is 10.1. The maximum Gasteiger partial charge on any atom is 0.232 e. The van der Waals surface area contributed by atoms with Gasteiger partial charge < -0.3 is 10.2 Å². The van der Waals surface area contributed by atoms with Crippen molar-refractivity contribution in [2.75, 3.05) is 19.6 Å². The van der Waals surface area contributed by atoms with Crippen LogP contribution in [0, 0.1) is 0 Å². The van der Waals surface area contributed by atoms with E-state index < -0.39 is 0 Å². The molecule has 4 nitrogen and oxygen atoms in total. The number of carbonyl (C=O) groups is 2. The van der Waals surface area contributed by atoms with Gasteiger partial charge in [0.25, 0.3) is 0 Å². The Hall–Kier alpha value is -1.06. The van der Waals surface area contributed by atoms with Crippen molar-refractivity contribution in [2.24, 2.45) is 0 Å². The van der Waals surface area contributed by atoms with Gasteiger partial charge in [-0.1, -0.05) is 27.2 Å². The molecule has 100 valence electrons. The molecule has 1 N–H and O–H groups in total. The Labute approximate surface area is 105 Å². The molecular formula is C13H26N2O2. The molecule has 0 fully saturated rings. The summed E-state index contributed by atoms with van der Waals surface area (Å²) < 4.78 is 0. The maximum atomic E-state index is 11.8. The number of amides is 2. The van der Waals surface area contributed by atoms with Crippen LogP contribution in [0.25, 0.3) is 0 Å². The first kappa shape index (κ1) is 15.9. The zero-order chi connectivity index (χ0) is 13.1. The molecule has 0 aliphatic heterocycles. The average molecular weight is 242 g/mol. The van der Waals surface area contributed by atoms with Crippen LogP contribution in [0.1, 0.15) is 52.9 Å². The third-order valence-electron chi connectivity index (χ3n) is 2.50. The quantitative estimate of drug-likeness (QED) is 0.496. The molecule has 0 rings (SSSR count). The number of unbranched alkanes of at least 4 members (excludes halogenated alkanes) is 1. The smallest absolute Gasteiger partial charge is 0.232 e. The number of hydrogen-bond acceptors (Lipinski definition) is 2. The zero-order valence-electron chi connectivity index (χ0n) is 11.4. The Balaban J connectivity index is 3.97. The zero-order valence-corrected chi connectivity index (χ0v) is 11.4. The van der Waals surface area contributed by atoms with Crippen LogP contribution in [-0.4, -0.2) is 36.3 Å². The van der Waals surface area contributed by atoms with Crippen molar-refractivity contribution >= 4 is 11.8 Å². The number of nitrogens with one attached hydrogen (secondary N) is 1. The lowest BCUT2D eigenvalue weighted by atomic mass is 10.3. The highest BCUT2D eigenvalue weighted by atomic mass is 16.2. The van der Waals surface area contributed by atoms with Crippen LogP contribution in [0.2, 0.25) is 0 Å². The molecule has 17 heavy (non-hydrogen) atoms. The monoisotopic (exact) mass is 242 g/mol. The van der Waals surface area contributed by atoms with E-state index in [1.54, 1.807) is 4.90 Å². The number of rotatable bonds is 9. The molecule has 0 bridgehead atoms. The van der Waals surface area contributed by atoms with Gasteiger partial charge in [0.15, 0.2) is 0 Å². The second-order valence-corrected chi connectivity index (χ2v) is 4.26. The molecule has 0 saturated carbocycles. The lowest BCUT2D eigenvalue weighted by molar-refractivity contribution is -0.136. The van der Waals surface area contributed by atoms with E-state index in [9.17, 15) is 9.59 Å². The Morgan fingerprint density at radius 2 is 1.59 bits per heavy atom. The molecule has 0 aromatic carbocycles. The van der Waals surface area contributed by atoms with Gasteiger partial charge in [0.05, 0.1) is 0 Å². The molecule has 0 radical (unpaired) electrons. The molecule has 0 unspecified atom stereocenters. The first-order valence-corrected chi connectivity index (χ1v) is 6.70. The van der Waals surface area contributed by atoms with Crippen LogP contribution in [0.15, 0.2) is 0 Å². The van der Waals surface area contributed by atoms with Gasteiger partial charge in [-0.05, 0) is 19.3 Å². The van der Waals surface area contributed by atoms with Crippen molar-refractivity contribution in [1.82, 2.24) is 10.2 Å². The van der Waals surface area contributed by atoms with E-state index in [0.29, 0.717) is 6.54 Å². The van der Waals surface area contributed by atoms with Crippen LogP contribution in [0.3, 0.4) is 0 Å². The first-order chi connectivity index (χ1) is 8.15. The summed E-state index contributed by atoms with van der Waals surface area (Å²) in [7, 11) is 0. The minimum Gasteiger partial charge on any atom is -0.356 e. The molecule has 0 aromatic rings. The lowest BCUT2D eigenvalue weighted by Gasteiger charge is -2.21. The van der Waals surface area contributed by atoms with Gasteiger partial charge in [0, 0.05) is 19.6 Å². The van der Waals surface area contributed by atoms with Gasteiger partial charge in [-0.15, -0.1) is 0 Å². The van der Waals surface area contributed by atoms with Crippen LogP contribution < -0.4 is 5.32 Å². The van der Waals surface area contributed by atoms with Crippen molar-refractivity contribution in [3.05, 3.63) is 0 Å². The number of carbonyl (C=O) groups excluding carboxylic acids is 2. The van der Waals surface area contributed by atoms with Crippen molar-refractivity contribution in [1.29, 1.82) is 0 Å². The summed E-state index contributed by atoms with van der Waals surface area (Å²) in [5, 5.41) is 2.77. The molecular weight excluding hydrogens is 216 g/mol. The highest BCUT2D eigenvalue weighted by molar-refractivity contribution is 5.96. The fourth-order valence-corrected chi connectivity index (χ4v) is 1.62. The minimum atomic E-state index is -0.152. The first-order valence-electron chi connectivity index (χ1n) is 6.70. The third-order valence-corrected chi connectivity index (χ3v) is 2.50. The van der Waals surface area contributed by atoms with Gasteiger partial charge in [-0.25, -0.2) is 0 Å². The van der Waals surface area contributed by atoms with E-state index in [4.69, 9.17) is 0 Å². The summed E-state index contributed by atoms with van der Waals surface area (Å²) in [5.41, 5.74) is 0. The van der Waals surface area contributed by atoms with Crippen LogP contribution in [0.5, 0.6) is 0 Å². The number of hydrogen-bond donors (Lipinski definition) is 1. The Morgan fingerprint density at radius 3 is 2.06 bits per heavy atom. The second kappa shape index (κ2) is 10.1. The summed E-state index contributed by atoms with van der Waals surface area (Å²) in [6.07, 6.45) is 3.87. The van der Waals surface area contributed by atoms with Crippen LogP contribution in [-0.2, 0) is 9.59 Å². The lowest BCUT2D eigenvalue weighted by Crippen LogP contribution is -2.37. The van der Waals surface area contributed by atoms with Crippen LogP contribution in [0.4, 0.5) is 0 Å².